The Bertz CT molecular complexity index is 677. The zero-order chi connectivity index (χ0) is 15.0. The molecule has 0 saturated heterocycles. The molecule has 3 rings (SSSR count). The molecule has 1 aliphatic rings. The zero-order valence-corrected chi connectivity index (χ0v) is 13.1. The Balaban J connectivity index is 2.01. The van der Waals surface area contributed by atoms with E-state index in [2.05, 4.69) is 15.9 Å². The van der Waals surface area contributed by atoms with Crippen LogP contribution in [0.2, 0.25) is 0 Å². The highest BCUT2D eigenvalue weighted by atomic mass is 79.9. The van der Waals surface area contributed by atoms with Crippen LogP contribution in [0.25, 0.3) is 0 Å². The van der Waals surface area contributed by atoms with Gasteiger partial charge in [0.05, 0.1) is 7.11 Å². The van der Waals surface area contributed by atoms with E-state index in [9.17, 15) is 4.39 Å². The van der Waals surface area contributed by atoms with Crippen LogP contribution in [0, 0.1) is 5.82 Å². The van der Waals surface area contributed by atoms with Crippen molar-refractivity contribution in [2.75, 3.05) is 7.11 Å². The highest BCUT2D eigenvalue weighted by Crippen LogP contribution is 2.42. The van der Waals surface area contributed by atoms with Crippen molar-refractivity contribution < 1.29 is 13.9 Å². The van der Waals surface area contributed by atoms with Gasteiger partial charge in [-0.1, -0.05) is 22.0 Å². The van der Waals surface area contributed by atoms with E-state index in [-0.39, 0.29) is 18.0 Å². The number of halogens is 2. The highest BCUT2D eigenvalue weighted by molar-refractivity contribution is 9.10. The lowest BCUT2D eigenvalue weighted by atomic mass is 9.93. The first kappa shape index (κ1) is 14.4. The fourth-order valence-corrected chi connectivity index (χ4v) is 3.00. The average molecular weight is 352 g/mol. The van der Waals surface area contributed by atoms with Crippen LogP contribution in [0.1, 0.15) is 29.7 Å². The van der Waals surface area contributed by atoms with Crippen LogP contribution in [-0.2, 0) is 0 Å². The van der Waals surface area contributed by atoms with Gasteiger partial charge in [-0.2, -0.15) is 0 Å². The van der Waals surface area contributed by atoms with Crippen LogP contribution in [0.15, 0.2) is 40.9 Å². The molecule has 0 fully saturated rings. The second-order valence-corrected chi connectivity index (χ2v) is 5.93. The minimum absolute atomic E-state index is 0.192. The number of benzene rings is 2. The summed E-state index contributed by atoms with van der Waals surface area (Å²) in [5, 5.41) is 0. The third-order valence-corrected chi connectivity index (χ3v) is 4.14. The molecule has 0 aromatic heterocycles. The average Bonchev–Trinajstić information content (AvgIpc) is 2.46. The predicted octanol–water partition coefficient (Wildman–Crippen LogP) is 4.12. The Hall–Kier alpha value is -1.59. The molecule has 1 heterocycles. The second kappa shape index (κ2) is 5.66. The maximum atomic E-state index is 13.4. The zero-order valence-electron chi connectivity index (χ0n) is 11.5. The molecular formula is C16H15BrFNO2. The number of nitrogens with two attached hydrogens (primary N) is 1. The van der Waals surface area contributed by atoms with E-state index in [1.807, 2.05) is 18.2 Å². The van der Waals surface area contributed by atoms with Crippen molar-refractivity contribution in [3.63, 3.8) is 0 Å². The molecule has 0 radical (unpaired) electrons. The van der Waals surface area contributed by atoms with Crippen molar-refractivity contribution >= 4 is 15.9 Å². The van der Waals surface area contributed by atoms with Gasteiger partial charge in [-0.25, -0.2) is 4.39 Å². The first-order valence-corrected chi connectivity index (χ1v) is 7.43. The minimum Gasteiger partial charge on any atom is -0.496 e. The lowest BCUT2D eigenvalue weighted by Gasteiger charge is -2.31. The van der Waals surface area contributed by atoms with E-state index in [1.165, 1.54) is 12.1 Å². The summed E-state index contributed by atoms with van der Waals surface area (Å²) in [6.45, 7) is 0. The van der Waals surface area contributed by atoms with E-state index < -0.39 is 0 Å². The number of hydrogen-bond donors (Lipinski definition) is 1. The van der Waals surface area contributed by atoms with Crippen molar-refractivity contribution in [2.45, 2.75) is 18.6 Å². The quantitative estimate of drug-likeness (QED) is 0.884. The molecule has 0 amide bonds. The van der Waals surface area contributed by atoms with E-state index in [4.69, 9.17) is 15.2 Å². The Labute approximate surface area is 131 Å². The molecule has 2 aromatic rings. The Kier molecular flexibility index (Phi) is 3.87. The van der Waals surface area contributed by atoms with Gasteiger partial charge < -0.3 is 15.2 Å². The summed E-state index contributed by atoms with van der Waals surface area (Å²) in [4.78, 5) is 0. The molecule has 21 heavy (non-hydrogen) atoms. The molecule has 0 spiro atoms. The summed E-state index contributed by atoms with van der Waals surface area (Å²) < 4.78 is 25.7. The van der Waals surface area contributed by atoms with Crippen molar-refractivity contribution in [1.82, 2.24) is 0 Å². The van der Waals surface area contributed by atoms with Crippen molar-refractivity contribution in [2.24, 2.45) is 5.73 Å². The van der Waals surface area contributed by atoms with Crippen LogP contribution in [0.3, 0.4) is 0 Å². The number of fused-ring (bicyclic) bond motifs is 1. The molecule has 0 aliphatic carbocycles. The summed E-state index contributed by atoms with van der Waals surface area (Å²) in [7, 11) is 1.61. The van der Waals surface area contributed by atoms with Gasteiger partial charge in [-0.3, -0.25) is 0 Å². The van der Waals surface area contributed by atoms with Crippen LogP contribution >= 0.6 is 15.9 Å². The summed E-state index contributed by atoms with van der Waals surface area (Å²) in [6.07, 6.45) is 0.354. The molecule has 1 aliphatic heterocycles. The number of ether oxygens (including phenoxy) is 2. The second-order valence-electron chi connectivity index (χ2n) is 5.02. The SMILES string of the molecule is COc1ccc(Br)cc1C1CC(N)c2ccc(F)cc2O1. The first-order valence-electron chi connectivity index (χ1n) is 6.63. The first-order chi connectivity index (χ1) is 10.1. The Morgan fingerprint density at radius 1 is 1.24 bits per heavy atom. The largest absolute Gasteiger partial charge is 0.496 e. The molecule has 0 saturated carbocycles. The smallest absolute Gasteiger partial charge is 0.129 e. The number of rotatable bonds is 2. The number of hydrogen-bond acceptors (Lipinski definition) is 3. The number of methoxy groups -OCH3 is 1. The van der Waals surface area contributed by atoms with Gasteiger partial charge in [0, 0.05) is 34.1 Å². The summed E-state index contributed by atoms with van der Waals surface area (Å²) >= 11 is 3.45. The van der Waals surface area contributed by atoms with Crippen LogP contribution < -0.4 is 15.2 Å². The topological polar surface area (TPSA) is 44.5 Å². The predicted molar refractivity (Wildman–Crippen MR) is 82.0 cm³/mol. The minimum atomic E-state index is -0.331. The molecule has 110 valence electrons. The molecule has 0 bridgehead atoms. The maximum absolute atomic E-state index is 13.4. The van der Waals surface area contributed by atoms with Gasteiger partial charge in [-0.05, 0) is 24.3 Å². The molecule has 2 atom stereocenters. The Morgan fingerprint density at radius 3 is 2.81 bits per heavy atom. The molecule has 2 aromatic carbocycles. The summed E-state index contributed by atoms with van der Waals surface area (Å²) in [5.41, 5.74) is 7.93. The van der Waals surface area contributed by atoms with E-state index >= 15 is 0 Å². The molecule has 2 N–H and O–H groups in total. The van der Waals surface area contributed by atoms with Gasteiger partial charge >= 0.3 is 0 Å². The Morgan fingerprint density at radius 2 is 2.05 bits per heavy atom. The van der Waals surface area contributed by atoms with E-state index in [1.54, 1.807) is 13.2 Å². The van der Waals surface area contributed by atoms with E-state index in [0.717, 1.165) is 21.3 Å². The van der Waals surface area contributed by atoms with Gasteiger partial charge in [0.25, 0.3) is 0 Å². The third-order valence-electron chi connectivity index (χ3n) is 3.65. The fraction of sp³-hybridized carbons (Fsp3) is 0.250. The van der Waals surface area contributed by atoms with Crippen molar-refractivity contribution in [1.29, 1.82) is 0 Å². The molecular weight excluding hydrogens is 337 g/mol. The summed E-state index contributed by atoms with van der Waals surface area (Å²) in [6, 6.07) is 10.00. The van der Waals surface area contributed by atoms with Gasteiger partial charge in [-0.15, -0.1) is 0 Å². The maximum Gasteiger partial charge on any atom is 0.129 e. The monoisotopic (exact) mass is 351 g/mol. The fourth-order valence-electron chi connectivity index (χ4n) is 2.62. The van der Waals surface area contributed by atoms with Gasteiger partial charge in [0.2, 0.25) is 0 Å². The lowest BCUT2D eigenvalue weighted by Crippen LogP contribution is -2.24. The normalized spacial score (nSPS) is 20.6. The molecule has 5 heteroatoms. The van der Waals surface area contributed by atoms with Crippen molar-refractivity contribution in [3.05, 3.63) is 57.8 Å². The summed E-state index contributed by atoms with van der Waals surface area (Å²) in [5.74, 6) is 0.902. The lowest BCUT2D eigenvalue weighted by molar-refractivity contribution is 0.157. The highest BCUT2D eigenvalue weighted by Gasteiger charge is 2.29. The van der Waals surface area contributed by atoms with E-state index in [0.29, 0.717) is 12.2 Å². The molecule has 3 nitrogen and oxygen atoms in total. The van der Waals surface area contributed by atoms with Gasteiger partial charge in [0.1, 0.15) is 23.4 Å². The van der Waals surface area contributed by atoms with Crippen molar-refractivity contribution in [3.8, 4) is 11.5 Å². The molecule has 2 unspecified atom stereocenters. The van der Waals surface area contributed by atoms with Gasteiger partial charge in [0.15, 0.2) is 0 Å². The third kappa shape index (κ3) is 2.76. The van der Waals surface area contributed by atoms with Crippen LogP contribution in [0.4, 0.5) is 4.39 Å². The standard InChI is InChI=1S/C16H15BrFNO2/c1-20-14-5-2-9(17)6-12(14)16-8-13(19)11-4-3-10(18)7-15(11)21-16/h2-7,13,16H,8,19H2,1H3. The van der Waals surface area contributed by atoms with Crippen LogP contribution in [-0.4, -0.2) is 7.11 Å². The van der Waals surface area contributed by atoms with Crippen LogP contribution in [0.5, 0.6) is 11.5 Å².